The first-order chi connectivity index (χ1) is 13.5. The van der Waals surface area contributed by atoms with Crippen LogP contribution in [0.4, 0.5) is 4.39 Å². The fourth-order valence-corrected chi connectivity index (χ4v) is 3.28. The lowest BCUT2D eigenvalue weighted by atomic mass is 9.91. The smallest absolute Gasteiger partial charge is 0.188 e. The molecule has 0 spiro atoms. The Bertz CT molecular complexity index is 891. The largest absolute Gasteiger partial charge is 0.370 e. The second-order valence-corrected chi connectivity index (χ2v) is 6.74. The van der Waals surface area contributed by atoms with Gasteiger partial charge in [0.05, 0.1) is 12.0 Å². The normalized spacial score (nSPS) is 11.9. The number of rotatable bonds is 8. The van der Waals surface area contributed by atoms with E-state index in [1.165, 1.54) is 12.1 Å². The summed E-state index contributed by atoms with van der Waals surface area (Å²) in [7, 11) is 0. The first-order valence-electron chi connectivity index (χ1n) is 9.29. The molecule has 2 heterocycles. The minimum Gasteiger partial charge on any atom is -0.370 e. The molecule has 0 bridgehead atoms. The number of halogens is 1. The van der Waals surface area contributed by atoms with E-state index in [2.05, 4.69) is 15.0 Å². The maximum Gasteiger partial charge on any atom is 0.188 e. The Balaban J connectivity index is 1.72. The van der Waals surface area contributed by atoms with Crippen molar-refractivity contribution in [3.05, 3.63) is 83.5 Å². The molecule has 6 nitrogen and oxygen atoms in total. The van der Waals surface area contributed by atoms with E-state index in [-0.39, 0.29) is 17.7 Å². The van der Waals surface area contributed by atoms with Crippen LogP contribution in [0.5, 0.6) is 0 Å². The Hall–Kier alpha value is -3.22. The number of pyridine rings is 1. The molecule has 0 saturated carbocycles. The van der Waals surface area contributed by atoms with Crippen molar-refractivity contribution in [3.63, 3.8) is 0 Å². The predicted octanol–water partition coefficient (Wildman–Crippen LogP) is 3.21. The molecular weight excluding hydrogens is 355 g/mol. The number of aromatic amines is 1. The molecule has 3 aromatic rings. The SMILES string of the molecule is Cc1[nH]cnc1CCN(CCC(c1ccc(F)cc1)c1ccccn1)C(=N)N. The highest BCUT2D eigenvalue weighted by molar-refractivity contribution is 5.74. The van der Waals surface area contributed by atoms with Crippen LogP contribution in [0.3, 0.4) is 0 Å². The van der Waals surface area contributed by atoms with E-state index in [1.807, 2.05) is 30.0 Å². The summed E-state index contributed by atoms with van der Waals surface area (Å²) in [6, 6.07) is 12.3. The maximum atomic E-state index is 13.4. The van der Waals surface area contributed by atoms with Gasteiger partial charge in [-0.3, -0.25) is 10.4 Å². The standard InChI is InChI=1S/C21H25FN6/c1-15-19(27-14-26-15)10-13-28(21(23)24)12-9-18(20-4-2-3-11-25-20)16-5-7-17(22)8-6-16/h2-8,11,14,18H,9-10,12-13H2,1H3,(H3,23,24)(H,26,27). The molecule has 3 rings (SSSR count). The van der Waals surface area contributed by atoms with Gasteiger partial charge in [-0.25, -0.2) is 9.37 Å². The molecule has 2 aromatic heterocycles. The number of guanidine groups is 1. The van der Waals surface area contributed by atoms with Gasteiger partial charge in [0.2, 0.25) is 0 Å². The Morgan fingerprint density at radius 1 is 1.18 bits per heavy atom. The summed E-state index contributed by atoms with van der Waals surface area (Å²) >= 11 is 0. The summed E-state index contributed by atoms with van der Waals surface area (Å²) < 4.78 is 13.4. The van der Waals surface area contributed by atoms with Crippen LogP contribution < -0.4 is 5.73 Å². The molecule has 146 valence electrons. The molecule has 0 aliphatic rings. The van der Waals surface area contributed by atoms with Crippen LogP contribution in [-0.4, -0.2) is 38.9 Å². The third kappa shape index (κ3) is 4.94. The number of hydrogen-bond acceptors (Lipinski definition) is 3. The molecule has 0 fully saturated rings. The molecule has 28 heavy (non-hydrogen) atoms. The number of H-pyrrole nitrogens is 1. The van der Waals surface area contributed by atoms with E-state index in [9.17, 15) is 4.39 Å². The van der Waals surface area contributed by atoms with Gasteiger partial charge in [-0.05, 0) is 43.2 Å². The zero-order chi connectivity index (χ0) is 19.9. The van der Waals surface area contributed by atoms with Crippen molar-refractivity contribution in [2.75, 3.05) is 13.1 Å². The van der Waals surface area contributed by atoms with Crippen LogP contribution in [0.2, 0.25) is 0 Å². The van der Waals surface area contributed by atoms with Gasteiger partial charge >= 0.3 is 0 Å². The van der Waals surface area contributed by atoms with Gasteiger partial charge in [0, 0.05) is 43.0 Å². The third-order valence-corrected chi connectivity index (χ3v) is 4.90. The first-order valence-corrected chi connectivity index (χ1v) is 9.29. The molecule has 1 atom stereocenters. The van der Waals surface area contributed by atoms with E-state index in [4.69, 9.17) is 11.1 Å². The quantitative estimate of drug-likeness (QED) is 0.413. The second kappa shape index (κ2) is 9.12. The van der Waals surface area contributed by atoms with Crippen LogP contribution in [0.15, 0.2) is 55.0 Å². The summed E-state index contributed by atoms with van der Waals surface area (Å²) in [5, 5.41) is 7.93. The third-order valence-electron chi connectivity index (χ3n) is 4.90. The maximum absolute atomic E-state index is 13.4. The van der Waals surface area contributed by atoms with Crippen LogP contribution in [0.25, 0.3) is 0 Å². The van der Waals surface area contributed by atoms with Gasteiger partial charge in [-0.1, -0.05) is 18.2 Å². The molecule has 1 aromatic carbocycles. The molecule has 1 unspecified atom stereocenters. The number of nitrogens with two attached hydrogens (primary N) is 1. The van der Waals surface area contributed by atoms with Crippen LogP contribution >= 0.6 is 0 Å². The molecule has 0 aliphatic carbocycles. The lowest BCUT2D eigenvalue weighted by Gasteiger charge is -2.25. The summed E-state index contributed by atoms with van der Waals surface area (Å²) in [6.45, 7) is 3.18. The van der Waals surface area contributed by atoms with Gasteiger partial charge in [0.1, 0.15) is 5.82 Å². The number of hydrogen-bond donors (Lipinski definition) is 3. The molecule has 0 amide bonds. The Morgan fingerprint density at radius 3 is 2.57 bits per heavy atom. The average Bonchev–Trinajstić information content (AvgIpc) is 3.11. The lowest BCUT2D eigenvalue weighted by molar-refractivity contribution is 0.395. The van der Waals surface area contributed by atoms with E-state index in [0.717, 1.165) is 22.6 Å². The fourth-order valence-electron chi connectivity index (χ4n) is 3.28. The van der Waals surface area contributed by atoms with Crippen molar-refractivity contribution < 1.29 is 4.39 Å². The molecule has 0 aliphatic heterocycles. The van der Waals surface area contributed by atoms with Crippen molar-refractivity contribution >= 4 is 5.96 Å². The Kier molecular flexibility index (Phi) is 6.37. The summed E-state index contributed by atoms with van der Waals surface area (Å²) in [6.07, 6.45) is 4.85. The van der Waals surface area contributed by atoms with Gasteiger partial charge in [-0.15, -0.1) is 0 Å². The zero-order valence-electron chi connectivity index (χ0n) is 15.9. The molecular formula is C21H25FN6. The van der Waals surface area contributed by atoms with Gasteiger partial charge in [0.15, 0.2) is 5.96 Å². The van der Waals surface area contributed by atoms with E-state index >= 15 is 0 Å². The van der Waals surface area contributed by atoms with Crippen LogP contribution in [-0.2, 0) is 6.42 Å². The first kappa shape index (κ1) is 19.5. The lowest BCUT2D eigenvalue weighted by Crippen LogP contribution is -2.39. The minimum absolute atomic E-state index is 0.00392. The number of aromatic nitrogens is 3. The fraction of sp³-hybridized carbons (Fsp3) is 0.286. The average molecular weight is 380 g/mol. The van der Waals surface area contributed by atoms with E-state index in [1.54, 1.807) is 24.7 Å². The minimum atomic E-state index is -0.261. The summed E-state index contributed by atoms with van der Waals surface area (Å²) in [4.78, 5) is 13.7. The van der Waals surface area contributed by atoms with E-state index < -0.39 is 0 Å². The van der Waals surface area contributed by atoms with Gasteiger partial charge < -0.3 is 15.6 Å². The van der Waals surface area contributed by atoms with Crippen LogP contribution in [0.1, 0.15) is 35.0 Å². The van der Waals surface area contributed by atoms with E-state index in [0.29, 0.717) is 25.9 Å². The monoisotopic (exact) mass is 380 g/mol. The highest BCUT2D eigenvalue weighted by atomic mass is 19.1. The number of aryl methyl sites for hydroxylation is 1. The number of imidazole rings is 1. The van der Waals surface area contributed by atoms with Crippen molar-refractivity contribution in [1.82, 2.24) is 19.9 Å². The van der Waals surface area contributed by atoms with Crippen molar-refractivity contribution in [3.8, 4) is 0 Å². The van der Waals surface area contributed by atoms with Crippen molar-refractivity contribution in [1.29, 1.82) is 5.41 Å². The zero-order valence-corrected chi connectivity index (χ0v) is 15.9. The van der Waals surface area contributed by atoms with Crippen LogP contribution in [0, 0.1) is 18.2 Å². The highest BCUT2D eigenvalue weighted by Crippen LogP contribution is 2.27. The summed E-state index contributed by atoms with van der Waals surface area (Å²) in [5.74, 6) is -0.230. The predicted molar refractivity (Wildman–Crippen MR) is 108 cm³/mol. The van der Waals surface area contributed by atoms with Crippen molar-refractivity contribution in [2.24, 2.45) is 5.73 Å². The summed E-state index contributed by atoms with van der Waals surface area (Å²) in [5.41, 5.74) is 9.73. The molecule has 4 N–H and O–H groups in total. The Labute approximate surface area is 164 Å². The molecule has 7 heteroatoms. The molecule has 0 saturated heterocycles. The highest BCUT2D eigenvalue weighted by Gasteiger charge is 2.18. The van der Waals surface area contributed by atoms with Crippen molar-refractivity contribution in [2.45, 2.75) is 25.7 Å². The number of benzene rings is 1. The van der Waals surface area contributed by atoms with Gasteiger partial charge in [-0.2, -0.15) is 0 Å². The molecule has 0 radical (unpaired) electrons. The Morgan fingerprint density at radius 2 is 1.96 bits per heavy atom. The van der Waals surface area contributed by atoms with Gasteiger partial charge in [0.25, 0.3) is 0 Å². The number of nitrogens with one attached hydrogen (secondary N) is 2. The number of nitrogens with zero attached hydrogens (tertiary/aromatic N) is 3. The topological polar surface area (TPSA) is 94.7 Å². The second-order valence-electron chi connectivity index (χ2n) is 6.74.